The first-order valence-electron chi connectivity index (χ1n) is 12.8. The third-order valence-corrected chi connectivity index (χ3v) is 10.6. The van der Waals surface area contributed by atoms with Crippen molar-refractivity contribution in [1.29, 1.82) is 0 Å². The van der Waals surface area contributed by atoms with E-state index in [1.807, 2.05) is 74.0 Å². The van der Waals surface area contributed by atoms with Gasteiger partial charge in [0, 0.05) is 79.9 Å². The van der Waals surface area contributed by atoms with E-state index in [-0.39, 0.29) is 11.9 Å². The maximum Gasteiger partial charge on any atom is 0.326 e. The maximum absolute atomic E-state index is 13.4. The zero-order valence-corrected chi connectivity index (χ0v) is 24.5. The topological polar surface area (TPSA) is 67.9 Å². The summed E-state index contributed by atoms with van der Waals surface area (Å²) in [6.45, 7) is 0.793. The molecule has 0 bridgehead atoms. The summed E-state index contributed by atoms with van der Waals surface area (Å²) in [6, 6.07) is 12.1. The Bertz CT molecular complexity index is 1050. The molecule has 4 rings (SSSR count). The van der Waals surface area contributed by atoms with Crippen LogP contribution in [0.3, 0.4) is 0 Å². The molecular formula is C27H37N5O2S3. The first-order valence-corrected chi connectivity index (χ1v) is 16.0. The second kappa shape index (κ2) is 13.1. The fourth-order valence-corrected chi connectivity index (χ4v) is 8.47. The Balaban J connectivity index is 1.34. The Kier molecular flexibility index (Phi) is 9.83. The van der Waals surface area contributed by atoms with Crippen molar-refractivity contribution in [3.63, 3.8) is 0 Å². The van der Waals surface area contributed by atoms with Crippen LogP contribution in [-0.2, 0) is 4.79 Å². The third kappa shape index (κ3) is 7.23. The molecule has 0 saturated carbocycles. The number of carbonyl (C=O) groups excluding carboxylic acids is 2. The number of unbranched alkanes of at least 4 members (excludes halogenated alkanes) is 1. The van der Waals surface area contributed by atoms with Gasteiger partial charge in [0.1, 0.15) is 0 Å². The lowest BCUT2D eigenvalue weighted by Crippen LogP contribution is -2.42. The second-order valence-corrected chi connectivity index (χ2v) is 13.6. The minimum Gasteiger partial charge on any atom is -0.378 e. The van der Waals surface area contributed by atoms with Gasteiger partial charge in [-0.2, -0.15) is 0 Å². The standard InChI is InChI=1S/C27H37N5O2S3/c1-30(2)19-9-11-22-24(17-19)36-25-18-20(31(3)4)10-12-23(25)32(22)27(34)29-15-14-28-26(33)8-6-5-7-21-13-16-35-37-21/h9-12,17-18,21H,5-8,13-16H2,1-4H3,(H,28,33)(H,29,34). The number of hydrogen-bond donors (Lipinski definition) is 2. The summed E-state index contributed by atoms with van der Waals surface area (Å²) in [5.74, 6) is 1.31. The van der Waals surface area contributed by atoms with Gasteiger partial charge in [-0.05, 0) is 55.7 Å². The van der Waals surface area contributed by atoms with E-state index < -0.39 is 0 Å². The Morgan fingerprint density at radius 3 is 2.11 bits per heavy atom. The first-order chi connectivity index (χ1) is 17.8. The van der Waals surface area contributed by atoms with Gasteiger partial charge in [0.05, 0.1) is 11.4 Å². The molecule has 2 aliphatic heterocycles. The van der Waals surface area contributed by atoms with Crippen molar-refractivity contribution in [2.45, 2.75) is 47.1 Å². The number of rotatable bonds is 10. The number of carbonyl (C=O) groups is 2. The van der Waals surface area contributed by atoms with Gasteiger partial charge < -0.3 is 20.4 Å². The first kappa shape index (κ1) is 27.9. The molecule has 0 aliphatic carbocycles. The quantitative estimate of drug-likeness (QED) is 0.275. The van der Waals surface area contributed by atoms with E-state index >= 15 is 0 Å². The van der Waals surface area contributed by atoms with Crippen LogP contribution in [0.15, 0.2) is 46.2 Å². The third-order valence-electron chi connectivity index (χ3n) is 6.46. The lowest BCUT2D eigenvalue weighted by Gasteiger charge is -2.32. The molecule has 2 heterocycles. The average molecular weight is 560 g/mol. The lowest BCUT2D eigenvalue weighted by atomic mass is 10.1. The molecule has 1 saturated heterocycles. The van der Waals surface area contributed by atoms with Crippen LogP contribution in [0.5, 0.6) is 0 Å². The van der Waals surface area contributed by atoms with Crippen LogP contribution in [0.4, 0.5) is 27.5 Å². The molecule has 2 aromatic carbocycles. The summed E-state index contributed by atoms with van der Waals surface area (Å²) in [5.41, 5.74) is 3.90. The van der Waals surface area contributed by atoms with Crippen molar-refractivity contribution in [3.8, 4) is 0 Å². The van der Waals surface area contributed by atoms with Crippen molar-refractivity contribution < 1.29 is 9.59 Å². The average Bonchev–Trinajstić information content (AvgIpc) is 3.40. The van der Waals surface area contributed by atoms with Crippen LogP contribution in [0, 0.1) is 0 Å². The number of hydrogen-bond acceptors (Lipinski definition) is 7. The van der Waals surface area contributed by atoms with Crippen LogP contribution in [-0.4, -0.2) is 64.2 Å². The zero-order chi connectivity index (χ0) is 26.4. The van der Waals surface area contributed by atoms with E-state index in [1.54, 1.807) is 16.7 Å². The molecule has 1 atom stereocenters. The molecule has 1 fully saturated rings. The second-order valence-electron chi connectivity index (χ2n) is 9.69. The molecule has 2 aliphatic rings. The van der Waals surface area contributed by atoms with Gasteiger partial charge in [0.15, 0.2) is 0 Å². The number of fused-ring (bicyclic) bond motifs is 2. The zero-order valence-electron chi connectivity index (χ0n) is 22.1. The summed E-state index contributed by atoms with van der Waals surface area (Å²) in [6.07, 6.45) is 5.05. The summed E-state index contributed by atoms with van der Waals surface area (Å²) in [5, 5.41) is 6.72. The van der Waals surface area contributed by atoms with Crippen LogP contribution in [0.2, 0.25) is 0 Å². The molecule has 10 heteroatoms. The molecule has 37 heavy (non-hydrogen) atoms. The van der Waals surface area contributed by atoms with Crippen LogP contribution in [0.25, 0.3) is 0 Å². The van der Waals surface area contributed by atoms with Crippen LogP contribution >= 0.6 is 33.3 Å². The fraction of sp³-hybridized carbons (Fsp3) is 0.481. The van der Waals surface area contributed by atoms with E-state index in [0.29, 0.717) is 19.5 Å². The molecule has 0 aromatic heterocycles. The predicted octanol–water partition coefficient (Wildman–Crippen LogP) is 5.96. The maximum atomic E-state index is 13.4. The Morgan fingerprint density at radius 1 is 0.919 bits per heavy atom. The molecular weight excluding hydrogens is 523 g/mol. The van der Waals surface area contributed by atoms with E-state index in [4.69, 9.17) is 0 Å². The van der Waals surface area contributed by atoms with Gasteiger partial charge in [-0.1, -0.05) is 39.8 Å². The number of amides is 3. The molecule has 7 nitrogen and oxygen atoms in total. The Hall–Kier alpha value is -2.17. The van der Waals surface area contributed by atoms with E-state index in [1.165, 1.54) is 18.6 Å². The highest BCUT2D eigenvalue weighted by molar-refractivity contribution is 8.77. The largest absolute Gasteiger partial charge is 0.378 e. The molecule has 1 unspecified atom stereocenters. The van der Waals surface area contributed by atoms with Crippen molar-refractivity contribution in [2.75, 3.05) is 61.7 Å². The molecule has 0 radical (unpaired) electrons. The van der Waals surface area contributed by atoms with E-state index in [0.717, 1.165) is 50.6 Å². The summed E-state index contributed by atoms with van der Waals surface area (Å²) in [7, 11) is 12.0. The van der Waals surface area contributed by atoms with Gasteiger partial charge in [0.25, 0.3) is 0 Å². The van der Waals surface area contributed by atoms with Gasteiger partial charge in [-0.15, -0.1) is 0 Å². The molecule has 2 N–H and O–H groups in total. The number of benzene rings is 2. The fourth-order valence-electron chi connectivity index (χ4n) is 4.32. The molecule has 200 valence electrons. The lowest BCUT2D eigenvalue weighted by molar-refractivity contribution is -0.121. The predicted molar refractivity (Wildman–Crippen MR) is 161 cm³/mol. The molecule has 0 spiro atoms. The summed E-state index contributed by atoms with van der Waals surface area (Å²) < 4.78 is 0. The van der Waals surface area contributed by atoms with Gasteiger partial charge in [-0.25, -0.2) is 4.79 Å². The Morgan fingerprint density at radius 2 is 1.54 bits per heavy atom. The highest BCUT2D eigenvalue weighted by Gasteiger charge is 2.29. The number of nitrogens with one attached hydrogen (secondary N) is 2. The minimum atomic E-state index is -0.195. The normalized spacial score (nSPS) is 16.1. The number of urea groups is 1. The smallest absolute Gasteiger partial charge is 0.326 e. The highest BCUT2D eigenvalue weighted by Crippen LogP contribution is 2.50. The summed E-state index contributed by atoms with van der Waals surface area (Å²) >= 11 is 1.68. The van der Waals surface area contributed by atoms with E-state index in [9.17, 15) is 9.59 Å². The molecule has 3 amide bonds. The minimum absolute atomic E-state index is 0.0557. The highest BCUT2D eigenvalue weighted by atomic mass is 33.1. The van der Waals surface area contributed by atoms with Crippen molar-refractivity contribution in [1.82, 2.24) is 10.6 Å². The molecule has 2 aromatic rings. The van der Waals surface area contributed by atoms with Gasteiger partial charge >= 0.3 is 6.03 Å². The monoisotopic (exact) mass is 559 g/mol. The van der Waals surface area contributed by atoms with Crippen molar-refractivity contribution in [3.05, 3.63) is 36.4 Å². The Labute approximate surface area is 232 Å². The van der Waals surface area contributed by atoms with Gasteiger partial charge in [0.2, 0.25) is 5.91 Å². The van der Waals surface area contributed by atoms with Gasteiger partial charge in [-0.3, -0.25) is 9.69 Å². The van der Waals surface area contributed by atoms with E-state index in [2.05, 4.69) is 32.6 Å². The number of anilines is 4. The van der Waals surface area contributed by atoms with Crippen molar-refractivity contribution in [2.24, 2.45) is 0 Å². The summed E-state index contributed by atoms with van der Waals surface area (Å²) in [4.78, 5) is 33.6. The number of nitrogens with zero attached hydrogens (tertiary/aromatic N) is 3. The van der Waals surface area contributed by atoms with Crippen molar-refractivity contribution >= 4 is 68.0 Å². The van der Waals surface area contributed by atoms with Crippen LogP contribution < -0.4 is 25.3 Å². The SMILES string of the molecule is CN(C)c1ccc2c(c1)Sc1cc(N(C)C)ccc1N2C(=O)NCCNC(=O)CCCCC1CCSS1. The van der Waals surface area contributed by atoms with Crippen LogP contribution in [0.1, 0.15) is 32.1 Å².